The Bertz CT molecular complexity index is 601. The van der Waals surface area contributed by atoms with Gasteiger partial charge in [-0.15, -0.1) is 0 Å². The first-order valence-corrected chi connectivity index (χ1v) is 5.17. The molecule has 0 saturated carbocycles. The van der Waals surface area contributed by atoms with E-state index in [0.29, 0.717) is 0 Å². The molecule has 0 aliphatic heterocycles. The number of ketones is 1. The predicted molar refractivity (Wildman–Crippen MR) is 60.1 cm³/mol. The van der Waals surface area contributed by atoms with E-state index in [-0.39, 0.29) is 23.5 Å². The first kappa shape index (κ1) is 12.0. The second-order valence-corrected chi connectivity index (χ2v) is 3.66. The summed E-state index contributed by atoms with van der Waals surface area (Å²) in [6, 6.07) is 8.36. The summed E-state index contributed by atoms with van der Waals surface area (Å²) in [5.74, 6) is -2.59. The highest BCUT2D eigenvalue weighted by Crippen LogP contribution is 2.13. The second kappa shape index (κ2) is 4.83. The minimum Gasteiger partial charge on any atom is -0.475 e. The van der Waals surface area contributed by atoms with Gasteiger partial charge in [-0.1, -0.05) is 18.2 Å². The number of halogens is 1. The zero-order chi connectivity index (χ0) is 13.1. The molecule has 2 rings (SSSR count). The van der Waals surface area contributed by atoms with Crippen molar-refractivity contribution in [1.29, 1.82) is 0 Å². The average molecular weight is 248 g/mol. The molecule has 5 heteroatoms. The van der Waals surface area contributed by atoms with E-state index in [1.54, 1.807) is 6.07 Å². The van der Waals surface area contributed by atoms with Gasteiger partial charge in [0, 0.05) is 6.42 Å². The van der Waals surface area contributed by atoms with Gasteiger partial charge in [0.1, 0.15) is 5.82 Å². The summed E-state index contributed by atoms with van der Waals surface area (Å²) < 4.78 is 18.2. The number of carboxylic acid groups (broad SMARTS) is 1. The van der Waals surface area contributed by atoms with Crippen LogP contribution in [0, 0.1) is 5.82 Å². The number of furan rings is 1. The molecule has 1 heterocycles. The maximum Gasteiger partial charge on any atom is 0.371 e. The Balaban J connectivity index is 2.17. The van der Waals surface area contributed by atoms with Crippen LogP contribution in [0.25, 0.3) is 0 Å². The zero-order valence-electron chi connectivity index (χ0n) is 9.22. The van der Waals surface area contributed by atoms with Crippen molar-refractivity contribution in [2.75, 3.05) is 0 Å². The molecule has 0 aliphatic carbocycles. The maximum absolute atomic E-state index is 13.3. The van der Waals surface area contributed by atoms with Gasteiger partial charge >= 0.3 is 5.97 Å². The number of rotatable bonds is 4. The number of carbonyl (C=O) groups excluding carboxylic acids is 1. The van der Waals surface area contributed by atoms with Crippen molar-refractivity contribution in [3.63, 3.8) is 0 Å². The molecule has 0 fully saturated rings. The summed E-state index contributed by atoms with van der Waals surface area (Å²) in [5.41, 5.74) is 0.246. The van der Waals surface area contributed by atoms with Gasteiger partial charge in [0.2, 0.25) is 11.5 Å². The summed E-state index contributed by atoms with van der Waals surface area (Å²) >= 11 is 0. The van der Waals surface area contributed by atoms with E-state index in [0.717, 1.165) is 0 Å². The van der Waals surface area contributed by atoms with Crippen LogP contribution in [-0.4, -0.2) is 16.9 Å². The number of carbonyl (C=O) groups is 2. The van der Waals surface area contributed by atoms with Crippen LogP contribution >= 0.6 is 0 Å². The fraction of sp³-hybridized carbons (Fsp3) is 0.0769. The molecule has 92 valence electrons. The van der Waals surface area contributed by atoms with E-state index in [9.17, 15) is 14.0 Å². The van der Waals surface area contributed by atoms with Gasteiger partial charge in [0.05, 0.1) is 0 Å². The van der Waals surface area contributed by atoms with Crippen molar-refractivity contribution in [2.24, 2.45) is 0 Å². The topological polar surface area (TPSA) is 67.5 Å². The number of aromatic carboxylic acids is 1. The van der Waals surface area contributed by atoms with Crippen LogP contribution in [0.5, 0.6) is 0 Å². The summed E-state index contributed by atoms with van der Waals surface area (Å²) in [6.45, 7) is 0. The van der Waals surface area contributed by atoms with E-state index >= 15 is 0 Å². The highest BCUT2D eigenvalue weighted by molar-refractivity contribution is 5.96. The summed E-state index contributed by atoms with van der Waals surface area (Å²) in [5, 5.41) is 8.65. The van der Waals surface area contributed by atoms with Crippen molar-refractivity contribution < 1.29 is 23.5 Å². The molecule has 1 N–H and O–H groups in total. The Hall–Kier alpha value is -2.43. The van der Waals surface area contributed by atoms with Crippen LogP contribution in [0.1, 0.15) is 26.7 Å². The summed E-state index contributed by atoms with van der Waals surface area (Å²) in [4.78, 5) is 22.3. The molecule has 0 aliphatic rings. The minimum atomic E-state index is -1.25. The van der Waals surface area contributed by atoms with Gasteiger partial charge in [0.25, 0.3) is 0 Å². The van der Waals surface area contributed by atoms with E-state index in [1.165, 1.54) is 30.3 Å². The van der Waals surface area contributed by atoms with E-state index < -0.39 is 17.6 Å². The fourth-order valence-electron chi connectivity index (χ4n) is 1.50. The van der Waals surface area contributed by atoms with Gasteiger partial charge in [0.15, 0.2) is 5.76 Å². The molecule has 0 spiro atoms. The van der Waals surface area contributed by atoms with E-state index in [4.69, 9.17) is 9.52 Å². The van der Waals surface area contributed by atoms with Crippen molar-refractivity contribution in [2.45, 2.75) is 6.42 Å². The van der Waals surface area contributed by atoms with Crippen LogP contribution in [0.15, 0.2) is 40.8 Å². The Morgan fingerprint density at radius 1 is 1.11 bits per heavy atom. The normalized spacial score (nSPS) is 10.3. The van der Waals surface area contributed by atoms with Gasteiger partial charge in [-0.3, -0.25) is 4.79 Å². The molecule has 4 nitrogen and oxygen atoms in total. The van der Waals surface area contributed by atoms with Crippen molar-refractivity contribution in [3.8, 4) is 0 Å². The molecular formula is C13H9FO4. The second-order valence-electron chi connectivity index (χ2n) is 3.66. The fourth-order valence-corrected chi connectivity index (χ4v) is 1.50. The quantitative estimate of drug-likeness (QED) is 0.844. The van der Waals surface area contributed by atoms with Gasteiger partial charge in [-0.25, -0.2) is 9.18 Å². The average Bonchev–Trinajstić information content (AvgIpc) is 2.81. The Kier molecular flexibility index (Phi) is 3.23. The molecule has 1 aromatic heterocycles. The molecule has 2 aromatic rings. The zero-order valence-corrected chi connectivity index (χ0v) is 9.22. The SMILES string of the molecule is O=C(O)c1ccc(C(=O)Cc2ccccc2F)o1. The first-order valence-electron chi connectivity index (χ1n) is 5.17. The molecule has 0 amide bonds. The largest absolute Gasteiger partial charge is 0.475 e. The van der Waals surface area contributed by atoms with Crippen LogP contribution in [0.2, 0.25) is 0 Å². The molecule has 0 atom stereocenters. The van der Waals surface area contributed by atoms with Crippen molar-refractivity contribution >= 4 is 11.8 Å². The molecule has 0 saturated heterocycles. The van der Waals surface area contributed by atoms with Crippen molar-refractivity contribution in [3.05, 3.63) is 59.3 Å². The number of hydrogen-bond donors (Lipinski definition) is 1. The number of benzene rings is 1. The molecule has 18 heavy (non-hydrogen) atoms. The highest BCUT2D eigenvalue weighted by atomic mass is 19.1. The Labute approximate surface area is 102 Å². The number of Topliss-reactive ketones (excluding diaryl/α,β-unsaturated/α-hetero) is 1. The smallest absolute Gasteiger partial charge is 0.371 e. The molecule has 0 radical (unpaired) electrons. The van der Waals surface area contributed by atoms with Crippen LogP contribution in [0.4, 0.5) is 4.39 Å². The lowest BCUT2D eigenvalue weighted by atomic mass is 10.1. The standard InChI is InChI=1S/C13H9FO4/c14-9-4-2-1-3-8(9)7-10(15)11-5-6-12(18-11)13(16)17/h1-6H,7H2,(H,16,17). The highest BCUT2D eigenvalue weighted by Gasteiger charge is 2.16. The third-order valence-corrected chi connectivity index (χ3v) is 2.40. The van der Waals surface area contributed by atoms with Gasteiger partial charge < -0.3 is 9.52 Å². The minimum absolute atomic E-state index is 0.0874. The lowest BCUT2D eigenvalue weighted by Gasteiger charge is -2.00. The molecule has 1 aromatic carbocycles. The lowest BCUT2D eigenvalue weighted by Crippen LogP contribution is -2.04. The Morgan fingerprint density at radius 3 is 2.39 bits per heavy atom. The third-order valence-electron chi connectivity index (χ3n) is 2.40. The number of hydrogen-bond acceptors (Lipinski definition) is 3. The molecule has 0 bridgehead atoms. The molecular weight excluding hydrogens is 239 g/mol. The monoisotopic (exact) mass is 248 g/mol. The third kappa shape index (κ3) is 2.45. The van der Waals surface area contributed by atoms with Crippen LogP contribution < -0.4 is 0 Å². The predicted octanol–water partition coefficient (Wildman–Crippen LogP) is 2.54. The van der Waals surface area contributed by atoms with Crippen LogP contribution in [-0.2, 0) is 6.42 Å². The summed E-state index contributed by atoms with van der Waals surface area (Å²) in [6.07, 6.45) is -0.167. The van der Waals surface area contributed by atoms with Gasteiger partial charge in [-0.05, 0) is 23.8 Å². The maximum atomic E-state index is 13.3. The van der Waals surface area contributed by atoms with E-state index in [1.807, 2.05) is 0 Å². The van der Waals surface area contributed by atoms with Gasteiger partial charge in [-0.2, -0.15) is 0 Å². The van der Waals surface area contributed by atoms with Crippen molar-refractivity contribution in [1.82, 2.24) is 0 Å². The van der Waals surface area contributed by atoms with Crippen LogP contribution in [0.3, 0.4) is 0 Å². The Morgan fingerprint density at radius 2 is 1.78 bits per heavy atom. The first-order chi connectivity index (χ1) is 8.58. The van der Waals surface area contributed by atoms with E-state index in [2.05, 4.69) is 0 Å². The summed E-state index contributed by atoms with van der Waals surface area (Å²) in [7, 11) is 0. The number of carboxylic acids is 1. The molecule has 0 unspecified atom stereocenters. The lowest BCUT2D eigenvalue weighted by molar-refractivity contribution is 0.0660.